The lowest BCUT2D eigenvalue weighted by atomic mass is 9.69. The lowest BCUT2D eigenvalue weighted by Crippen LogP contribution is -2.34. The van der Waals surface area contributed by atoms with Crippen molar-refractivity contribution < 1.29 is 14.3 Å². The molecule has 2 aliphatic rings. The highest BCUT2D eigenvalue weighted by Crippen LogP contribution is 2.41. The van der Waals surface area contributed by atoms with Crippen LogP contribution in [0.2, 0.25) is 0 Å². The van der Waals surface area contributed by atoms with Gasteiger partial charge in [0.15, 0.2) is 10.8 Å². The summed E-state index contributed by atoms with van der Waals surface area (Å²) >= 11 is 1.46. The van der Waals surface area contributed by atoms with E-state index in [1.54, 1.807) is 0 Å². The molecule has 1 N–H and O–H groups in total. The standard InChI is InChI=1S/C43H44N6O3S/c1-42(2,3)52-40(51)38-32(30-25-44-49(26-30)28-43(22-10-5-11-23-43)31-14-6-4-7-15-31)19-20-37(46-38)48-24-21-29-13-12-16-33(34(29)27-48)39(50)47-41-45-35-17-8-9-18-36(35)53-41/h4,6-9,12-20,25-26H,5,10-11,21-24,27-28H2,1-3H3,(H,45,47,50). The highest BCUT2D eigenvalue weighted by Gasteiger charge is 2.35. The van der Waals surface area contributed by atoms with Crippen molar-refractivity contribution in [1.29, 1.82) is 0 Å². The van der Waals surface area contributed by atoms with Crippen molar-refractivity contribution in [3.05, 3.63) is 125 Å². The summed E-state index contributed by atoms with van der Waals surface area (Å²) in [6.07, 6.45) is 10.5. The Balaban J connectivity index is 1.08. The number of fused-ring (bicyclic) bond motifs is 2. The monoisotopic (exact) mass is 724 g/mol. The molecule has 9 nitrogen and oxygen atoms in total. The third-order valence-electron chi connectivity index (χ3n) is 10.4. The Morgan fingerprint density at radius 3 is 2.49 bits per heavy atom. The van der Waals surface area contributed by atoms with E-state index >= 15 is 0 Å². The molecule has 3 aromatic carbocycles. The molecule has 270 valence electrons. The third-order valence-corrected chi connectivity index (χ3v) is 11.4. The van der Waals surface area contributed by atoms with E-state index in [4.69, 9.17) is 14.8 Å². The predicted molar refractivity (Wildman–Crippen MR) is 211 cm³/mol. The number of esters is 1. The molecule has 0 spiro atoms. The van der Waals surface area contributed by atoms with Gasteiger partial charge in [-0.05, 0) is 87.1 Å². The van der Waals surface area contributed by atoms with E-state index in [0.717, 1.165) is 52.7 Å². The van der Waals surface area contributed by atoms with Crippen LogP contribution in [0.15, 0.2) is 97.3 Å². The van der Waals surface area contributed by atoms with Crippen LogP contribution in [0.3, 0.4) is 0 Å². The molecule has 0 bridgehead atoms. The summed E-state index contributed by atoms with van der Waals surface area (Å²) in [7, 11) is 0. The lowest BCUT2D eigenvalue weighted by molar-refractivity contribution is 0.00638. The molecule has 1 saturated carbocycles. The molecule has 1 aliphatic carbocycles. The van der Waals surface area contributed by atoms with E-state index in [-0.39, 0.29) is 17.0 Å². The number of para-hydroxylation sites is 1. The van der Waals surface area contributed by atoms with Gasteiger partial charge in [0.05, 0.1) is 23.0 Å². The molecule has 8 rings (SSSR count). The van der Waals surface area contributed by atoms with Crippen LogP contribution in [-0.4, -0.2) is 43.8 Å². The first-order valence-corrected chi connectivity index (χ1v) is 19.3. The summed E-state index contributed by atoms with van der Waals surface area (Å²) in [6, 6.07) is 28.5. The van der Waals surface area contributed by atoms with E-state index in [2.05, 4.69) is 51.6 Å². The number of thiazole rings is 1. The number of hydrogen-bond donors (Lipinski definition) is 1. The van der Waals surface area contributed by atoms with Crippen LogP contribution in [-0.2, 0) is 29.7 Å². The molecule has 0 atom stereocenters. The minimum Gasteiger partial charge on any atom is -0.455 e. The molecule has 53 heavy (non-hydrogen) atoms. The van der Waals surface area contributed by atoms with Crippen molar-refractivity contribution in [2.24, 2.45) is 0 Å². The first kappa shape index (κ1) is 34.7. The fourth-order valence-electron chi connectivity index (χ4n) is 7.88. The zero-order valence-electron chi connectivity index (χ0n) is 30.5. The molecule has 10 heteroatoms. The molecule has 1 amide bonds. The van der Waals surface area contributed by atoms with Crippen molar-refractivity contribution >= 4 is 44.4 Å². The number of carbonyl (C=O) groups excluding carboxylic acids is 2. The Morgan fingerprint density at radius 1 is 0.906 bits per heavy atom. The van der Waals surface area contributed by atoms with Gasteiger partial charge in [0.2, 0.25) is 0 Å². The van der Waals surface area contributed by atoms with Gasteiger partial charge in [-0.3, -0.25) is 14.8 Å². The Labute approximate surface area is 314 Å². The fraction of sp³-hybridized carbons (Fsp3) is 0.326. The average molecular weight is 725 g/mol. The number of nitrogens with zero attached hydrogens (tertiary/aromatic N) is 5. The van der Waals surface area contributed by atoms with Gasteiger partial charge in [0.1, 0.15) is 11.4 Å². The highest BCUT2D eigenvalue weighted by molar-refractivity contribution is 7.22. The van der Waals surface area contributed by atoms with Crippen LogP contribution >= 0.6 is 11.3 Å². The number of aromatic nitrogens is 4. The topological polar surface area (TPSA) is 102 Å². The molecular weight excluding hydrogens is 681 g/mol. The van der Waals surface area contributed by atoms with Crippen LogP contribution in [0.4, 0.5) is 10.9 Å². The smallest absolute Gasteiger partial charge is 0.358 e. The number of rotatable bonds is 8. The molecule has 1 fully saturated rings. The molecular formula is C43H44N6O3S. The zero-order chi connectivity index (χ0) is 36.6. The number of anilines is 2. The number of carbonyl (C=O) groups is 2. The van der Waals surface area contributed by atoms with Gasteiger partial charge in [-0.25, -0.2) is 14.8 Å². The first-order valence-electron chi connectivity index (χ1n) is 18.5. The normalized spacial score (nSPS) is 15.6. The highest BCUT2D eigenvalue weighted by atomic mass is 32.1. The maximum Gasteiger partial charge on any atom is 0.358 e. The summed E-state index contributed by atoms with van der Waals surface area (Å²) in [6.45, 7) is 7.52. The maximum absolute atomic E-state index is 13.8. The minimum absolute atomic E-state index is 0.0214. The van der Waals surface area contributed by atoms with Gasteiger partial charge in [0.25, 0.3) is 5.91 Å². The molecule has 0 radical (unpaired) electrons. The third kappa shape index (κ3) is 7.33. The number of ether oxygens (including phenoxy) is 1. The minimum atomic E-state index is -0.700. The van der Waals surface area contributed by atoms with Gasteiger partial charge in [-0.2, -0.15) is 5.10 Å². The van der Waals surface area contributed by atoms with Crippen molar-refractivity contribution in [2.45, 2.75) is 83.4 Å². The Hall–Kier alpha value is -5.35. The summed E-state index contributed by atoms with van der Waals surface area (Å²) in [4.78, 5) is 39.2. The Morgan fingerprint density at radius 2 is 1.70 bits per heavy atom. The SMILES string of the molecule is CC(C)(C)OC(=O)c1nc(N2CCc3cccc(C(=O)Nc4nc5ccccc5s4)c3C2)ccc1-c1cnn(CC2(c3ccccc3)CCCCC2)c1. The van der Waals surface area contributed by atoms with E-state index in [1.165, 1.54) is 36.2 Å². The van der Waals surface area contributed by atoms with Gasteiger partial charge in [-0.15, -0.1) is 0 Å². The summed E-state index contributed by atoms with van der Waals surface area (Å²) in [5.41, 5.74) is 5.97. The molecule has 1 aliphatic heterocycles. The van der Waals surface area contributed by atoms with E-state index < -0.39 is 11.6 Å². The second-order valence-electron chi connectivity index (χ2n) is 15.3. The fourth-order valence-corrected chi connectivity index (χ4v) is 8.74. The molecule has 0 saturated heterocycles. The number of pyridine rings is 1. The van der Waals surface area contributed by atoms with Crippen molar-refractivity contribution in [2.75, 3.05) is 16.8 Å². The van der Waals surface area contributed by atoms with Crippen LogP contribution < -0.4 is 10.2 Å². The van der Waals surface area contributed by atoms with Crippen molar-refractivity contribution in [3.63, 3.8) is 0 Å². The van der Waals surface area contributed by atoms with Crippen molar-refractivity contribution in [3.8, 4) is 11.1 Å². The van der Waals surface area contributed by atoms with E-state index in [9.17, 15) is 9.59 Å². The summed E-state index contributed by atoms with van der Waals surface area (Å²) < 4.78 is 8.96. The van der Waals surface area contributed by atoms with Gasteiger partial charge < -0.3 is 9.64 Å². The first-order chi connectivity index (χ1) is 25.6. The van der Waals surface area contributed by atoms with E-state index in [0.29, 0.717) is 35.2 Å². The Kier molecular flexibility index (Phi) is 9.32. The molecule has 3 aromatic heterocycles. The number of nitrogens with one attached hydrogen (secondary N) is 1. The van der Waals surface area contributed by atoms with Crippen LogP contribution in [0.25, 0.3) is 21.3 Å². The number of amides is 1. The molecule has 0 unspecified atom stereocenters. The number of benzene rings is 3. The predicted octanol–water partition coefficient (Wildman–Crippen LogP) is 9.23. The molecule has 4 heterocycles. The van der Waals surface area contributed by atoms with Crippen LogP contribution in [0.5, 0.6) is 0 Å². The number of hydrogen-bond acceptors (Lipinski definition) is 8. The average Bonchev–Trinajstić information content (AvgIpc) is 3.80. The Bertz CT molecular complexity index is 2250. The van der Waals surface area contributed by atoms with Gasteiger partial charge in [-0.1, -0.05) is 85.2 Å². The van der Waals surface area contributed by atoms with Gasteiger partial charge in [0, 0.05) is 41.4 Å². The maximum atomic E-state index is 13.8. The van der Waals surface area contributed by atoms with E-state index in [1.807, 2.05) is 86.4 Å². The molecule has 6 aromatic rings. The zero-order valence-corrected chi connectivity index (χ0v) is 31.3. The summed E-state index contributed by atoms with van der Waals surface area (Å²) in [5.74, 6) is -0.0255. The summed E-state index contributed by atoms with van der Waals surface area (Å²) in [5, 5.41) is 8.42. The second kappa shape index (κ2) is 14.2. The second-order valence-corrected chi connectivity index (χ2v) is 16.3. The van der Waals surface area contributed by atoms with Gasteiger partial charge >= 0.3 is 5.97 Å². The largest absolute Gasteiger partial charge is 0.455 e. The van der Waals surface area contributed by atoms with Crippen LogP contribution in [0.1, 0.15) is 90.4 Å². The lowest BCUT2D eigenvalue weighted by Gasteiger charge is -2.38. The quantitative estimate of drug-likeness (QED) is 0.156. The van der Waals surface area contributed by atoms with Crippen LogP contribution in [0, 0.1) is 0 Å². The van der Waals surface area contributed by atoms with Crippen molar-refractivity contribution in [1.82, 2.24) is 19.7 Å².